The Hall–Kier alpha value is -4.96. The maximum Gasteiger partial charge on any atom is 0.253 e. The van der Waals surface area contributed by atoms with Crippen molar-refractivity contribution in [1.29, 1.82) is 0 Å². The summed E-state index contributed by atoms with van der Waals surface area (Å²) in [6, 6.07) is 19.1. The van der Waals surface area contributed by atoms with E-state index in [4.69, 9.17) is 4.42 Å². The first-order valence-corrected chi connectivity index (χ1v) is 13.3. The highest BCUT2D eigenvalue weighted by atomic mass is 19.1. The fourth-order valence-corrected chi connectivity index (χ4v) is 5.14. The maximum atomic E-state index is 13.9. The van der Waals surface area contributed by atoms with Gasteiger partial charge in [0.25, 0.3) is 5.56 Å². The number of tetrazole rings is 1. The summed E-state index contributed by atoms with van der Waals surface area (Å²) in [6.07, 6.45) is 5.15. The Morgan fingerprint density at radius 1 is 1.00 bits per heavy atom. The summed E-state index contributed by atoms with van der Waals surface area (Å²) in [7, 11) is 0. The van der Waals surface area contributed by atoms with Crippen LogP contribution in [0.5, 0.6) is 0 Å². The Balaban J connectivity index is 1.54. The van der Waals surface area contributed by atoms with Crippen LogP contribution < -0.4 is 5.56 Å². The number of aromatic amines is 1. The third-order valence-corrected chi connectivity index (χ3v) is 7.23. The van der Waals surface area contributed by atoms with E-state index in [1.54, 1.807) is 35.5 Å². The summed E-state index contributed by atoms with van der Waals surface area (Å²) in [5, 5.41) is 13.7. The minimum Gasteiger partial charge on any atom is -0.468 e. The Kier molecular flexibility index (Phi) is 7.22. The lowest BCUT2D eigenvalue weighted by molar-refractivity contribution is 0.179. The van der Waals surface area contributed by atoms with Gasteiger partial charge in [0.15, 0.2) is 5.82 Å². The molecule has 4 heterocycles. The molecule has 41 heavy (non-hydrogen) atoms. The van der Waals surface area contributed by atoms with Crippen molar-refractivity contribution in [3.05, 3.63) is 141 Å². The van der Waals surface area contributed by atoms with Gasteiger partial charge in [-0.1, -0.05) is 30.3 Å². The van der Waals surface area contributed by atoms with E-state index in [9.17, 15) is 9.18 Å². The van der Waals surface area contributed by atoms with E-state index in [1.165, 1.54) is 12.1 Å². The average molecular weight is 550 g/mol. The van der Waals surface area contributed by atoms with Gasteiger partial charge in [-0.3, -0.25) is 14.7 Å². The standard InChI is InChI=1S/C31H28FN7O2/c1-20-7-8-21(2)28-26(20)15-27(31(40)34-28)29(30-35-36-37-39(30)18-22-9-11-24(32)12-10-22)38(19-25-6-4-14-41-25)17-23-5-3-13-33-16-23/h3-16,29H,17-19H2,1-2H3,(H,34,40)/t29-/m1/s1. The molecule has 6 aromatic rings. The molecule has 0 unspecified atom stereocenters. The van der Waals surface area contributed by atoms with E-state index >= 15 is 0 Å². The van der Waals surface area contributed by atoms with E-state index in [1.807, 2.05) is 56.3 Å². The number of aryl methyl sites for hydroxylation is 2. The van der Waals surface area contributed by atoms with Crippen molar-refractivity contribution in [3.8, 4) is 0 Å². The zero-order valence-corrected chi connectivity index (χ0v) is 22.7. The van der Waals surface area contributed by atoms with Crippen molar-refractivity contribution >= 4 is 10.9 Å². The van der Waals surface area contributed by atoms with Crippen molar-refractivity contribution in [2.24, 2.45) is 0 Å². The molecular formula is C31H28FN7O2. The summed E-state index contributed by atoms with van der Waals surface area (Å²) in [4.78, 5) is 23.4. The summed E-state index contributed by atoms with van der Waals surface area (Å²) >= 11 is 0. The molecule has 2 aromatic carbocycles. The van der Waals surface area contributed by atoms with Crippen LogP contribution in [0.2, 0.25) is 0 Å². The Labute approximate surface area is 235 Å². The van der Waals surface area contributed by atoms with Crippen molar-refractivity contribution in [2.45, 2.75) is 39.5 Å². The van der Waals surface area contributed by atoms with Gasteiger partial charge < -0.3 is 9.40 Å². The first-order valence-electron chi connectivity index (χ1n) is 13.3. The van der Waals surface area contributed by atoms with Gasteiger partial charge in [0.05, 0.1) is 24.9 Å². The quantitative estimate of drug-likeness (QED) is 0.268. The van der Waals surface area contributed by atoms with Gasteiger partial charge in [0.2, 0.25) is 0 Å². The van der Waals surface area contributed by atoms with Crippen molar-refractivity contribution in [2.75, 3.05) is 0 Å². The first kappa shape index (κ1) is 26.3. The van der Waals surface area contributed by atoms with E-state index in [0.29, 0.717) is 31.0 Å². The topological polar surface area (TPSA) is 106 Å². The monoisotopic (exact) mass is 549 g/mol. The average Bonchev–Trinajstić information content (AvgIpc) is 3.66. The fraction of sp³-hybridized carbons (Fsp3) is 0.194. The molecule has 10 heteroatoms. The molecule has 0 saturated carbocycles. The minimum absolute atomic E-state index is 0.233. The van der Waals surface area contributed by atoms with Crippen LogP contribution in [0.3, 0.4) is 0 Å². The number of halogens is 1. The molecule has 0 aliphatic rings. The van der Waals surface area contributed by atoms with Gasteiger partial charge in [-0.25, -0.2) is 9.07 Å². The second kappa shape index (κ2) is 11.3. The number of pyridine rings is 2. The third kappa shape index (κ3) is 5.55. The molecule has 0 amide bonds. The number of aromatic nitrogens is 6. The van der Waals surface area contributed by atoms with Crippen LogP contribution in [0.4, 0.5) is 4.39 Å². The highest BCUT2D eigenvalue weighted by Crippen LogP contribution is 2.31. The molecule has 206 valence electrons. The van der Waals surface area contributed by atoms with E-state index < -0.39 is 6.04 Å². The van der Waals surface area contributed by atoms with Gasteiger partial charge in [-0.2, -0.15) is 0 Å². The van der Waals surface area contributed by atoms with Crippen molar-refractivity contribution < 1.29 is 8.81 Å². The lowest BCUT2D eigenvalue weighted by Crippen LogP contribution is -2.35. The summed E-state index contributed by atoms with van der Waals surface area (Å²) < 4.78 is 21.0. The number of hydrogen-bond acceptors (Lipinski definition) is 7. The van der Waals surface area contributed by atoms with Crippen molar-refractivity contribution in [3.63, 3.8) is 0 Å². The smallest absolute Gasteiger partial charge is 0.253 e. The third-order valence-electron chi connectivity index (χ3n) is 7.23. The largest absolute Gasteiger partial charge is 0.468 e. The zero-order chi connectivity index (χ0) is 28.3. The molecule has 6 rings (SSSR count). The number of nitrogens with zero attached hydrogens (tertiary/aromatic N) is 6. The Morgan fingerprint density at radius 2 is 1.83 bits per heavy atom. The number of benzene rings is 2. The Morgan fingerprint density at radius 3 is 2.59 bits per heavy atom. The lowest BCUT2D eigenvalue weighted by Gasteiger charge is -2.30. The van der Waals surface area contributed by atoms with Crippen LogP contribution >= 0.6 is 0 Å². The molecule has 0 fully saturated rings. The molecular weight excluding hydrogens is 521 g/mol. The summed E-state index contributed by atoms with van der Waals surface area (Å²) in [6.45, 7) is 5.11. The normalized spacial score (nSPS) is 12.3. The zero-order valence-electron chi connectivity index (χ0n) is 22.7. The number of nitrogens with one attached hydrogen (secondary N) is 1. The molecule has 0 saturated heterocycles. The second-order valence-electron chi connectivity index (χ2n) is 10.1. The van der Waals surface area contributed by atoms with E-state index in [-0.39, 0.29) is 11.4 Å². The molecule has 0 radical (unpaired) electrons. The predicted molar refractivity (Wildman–Crippen MR) is 151 cm³/mol. The second-order valence-corrected chi connectivity index (χ2v) is 10.1. The van der Waals surface area contributed by atoms with Gasteiger partial charge in [-0.15, -0.1) is 5.10 Å². The number of hydrogen-bond donors (Lipinski definition) is 1. The summed E-state index contributed by atoms with van der Waals surface area (Å²) in [5.41, 5.74) is 4.86. The predicted octanol–water partition coefficient (Wildman–Crippen LogP) is 5.10. The van der Waals surface area contributed by atoms with E-state index in [0.717, 1.165) is 38.9 Å². The maximum absolute atomic E-state index is 13.9. The van der Waals surface area contributed by atoms with Crippen LogP contribution in [-0.2, 0) is 19.6 Å². The number of furan rings is 1. The molecule has 1 atom stereocenters. The number of rotatable bonds is 9. The highest BCUT2D eigenvalue weighted by molar-refractivity contribution is 5.85. The van der Waals surface area contributed by atoms with Crippen LogP contribution in [0.15, 0.2) is 94.6 Å². The van der Waals surface area contributed by atoms with Crippen LogP contribution in [0.1, 0.15) is 45.4 Å². The summed E-state index contributed by atoms with van der Waals surface area (Å²) in [5.74, 6) is 0.874. The van der Waals surface area contributed by atoms with Crippen LogP contribution in [-0.4, -0.2) is 35.1 Å². The van der Waals surface area contributed by atoms with Gasteiger partial charge in [-0.05, 0) is 82.9 Å². The Bertz CT molecular complexity index is 1830. The molecule has 9 nitrogen and oxygen atoms in total. The number of fused-ring (bicyclic) bond motifs is 1. The molecule has 0 bridgehead atoms. The van der Waals surface area contributed by atoms with Gasteiger partial charge in [0, 0.05) is 29.9 Å². The van der Waals surface area contributed by atoms with Gasteiger partial charge >= 0.3 is 0 Å². The minimum atomic E-state index is -0.663. The van der Waals surface area contributed by atoms with Crippen molar-refractivity contribution in [1.82, 2.24) is 35.1 Å². The van der Waals surface area contributed by atoms with E-state index in [2.05, 4.69) is 30.4 Å². The SMILES string of the molecule is Cc1ccc(C)c2[nH]c(=O)c([C@H](c3nnnn3Cc3ccc(F)cc3)N(Cc3cccnc3)Cc3ccco3)cc12. The molecule has 0 aliphatic heterocycles. The molecule has 1 N–H and O–H groups in total. The van der Waals surface area contributed by atoms with Gasteiger partial charge in [0.1, 0.15) is 17.6 Å². The molecule has 0 aliphatic carbocycles. The molecule has 4 aromatic heterocycles. The number of H-pyrrole nitrogens is 1. The van der Waals surface area contributed by atoms with Crippen LogP contribution in [0.25, 0.3) is 10.9 Å². The molecule has 0 spiro atoms. The lowest BCUT2D eigenvalue weighted by atomic mass is 9.99. The van der Waals surface area contributed by atoms with Crippen LogP contribution in [0, 0.1) is 19.7 Å². The fourth-order valence-electron chi connectivity index (χ4n) is 5.14. The highest BCUT2D eigenvalue weighted by Gasteiger charge is 2.32. The first-order chi connectivity index (χ1) is 20.0.